The van der Waals surface area contributed by atoms with E-state index in [4.69, 9.17) is 5.11 Å². The van der Waals surface area contributed by atoms with Gasteiger partial charge in [0.05, 0.1) is 0 Å². The van der Waals surface area contributed by atoms with Gasteiger partial charge in [0.1, 0.15) is 0 Å². The molecule has 2 heterocycles. The molecule has 1 spiro atoms. The van der Waals surface area contributed by atoms with Crippen molar-refractivity contribution in [1.82, 2.24) is 9.88 Å². The van der Waals surface area contributed by atoms with Gasteiger partial charge in [0.25, 0.3) is 0 Å². The first kappa shape index (κ1) is 9.63. The van der Waals surface area contributed by atoms with Crippen LogP contribution in [0.4, 0.5) is 4.79 Å². The molecule has 84 valence electrons. The molecule has 0 radical (unpaired) electrons. The summed E-state index contributed by atoms with van der Waals surface area (Å²) in [5.74, 6) is 0.326. The fourth-order valence-electron chi connectivity index (χ4n) is 2.79. The van der Waals surface area contributed by atoms with E-state index in [2.05, 4.69) is 4.98 Å². The Morgan fingerprint density at radius 3 is 2.88 bits per heavy atom. The van der Waals surface area contributed by atoms with Crippen LogP contribution in [0.15, 0.2) is 24.5 Å². The molecular weight excluding hydrogens is 204 g/mol. The van der Waals surface area contributed by atoms with Gasteiger partial charge in [-0.3, -0.25) is 4.98 Å². The Morgan fingerprint density at radius 1 is 1.56 bits per heavy atom. The zero-order valence-electron chi connectivity index (χ0n) is 8.97. The zero-order chi connectivity index (χ0) is 11.2. The van der Waals surface area contributed by atoms with Gasteiger partial charge in [0.15, 0.2) is 0 Å². The molecule has 1 saturated carbocycles. The number of rotatable bonds is 1. The average Bonchev–Trinajstić information content (AvgIpc) is 2.92. The highest BCUT2D eigenvalue weighted by Crippen LogP contribution is 2.53. The number of pyridine rings is 1. The van der Waals surface area contributed by atoms with E-state index in [1.807, 2.05) is 18.3 Å². The SMILES string of the molecule is O=C(O)N1C[C@H](c2cccnc2)CC12CC2. The quantitative estimate of drug-likeness (QED) is 0.785. The molecular formula is C12H14N2O2. The third kappa shape index (κ3) is 1.37. The van der Waals surface area contributed by atoms with Gasteiger partial charge in [-0.25, -0.2) is 4.79 Å². The minimum Gasteiger partial charge on any atom is -0.465 e. The van der Waals surface area contributed by atoms with Gasteiger partial charge in [-0.2, -0.15) is 0 Å². The molecule has 4 heteroatoms. The van der Waals surface area contributed by atoms with Crippen molar-refractivity contribution in [3.63, 3.8) is 0 Å². The maximum atomic E-state index is 11.1. The minimum absolute atomic E-state index is 0.0354. The summed E-state index contributed by atoms with van der Waals surface area (Å²) in [5.41, 5.74) is 1.13. The molecule has 1 aliphatic heterocycles. The van der Waals surface area contributed by atoms with E-state index < -0.39 is 6.09 Å². The molecule has 1 aliphatic carbocycles. The molecule has 1 N–H and O–H groups in total. The molecule has 1 aromatic heterocycles. The largest absolute Gasteiger partial charge is 0.465 e. The number of carbonyl (C=O) groups is 1. The normalized spacial score (nSPS) is 26.0. The van der Waals surface area contributed by atoms with Gasteiger partial charge in [-0.15, -0.1) is 0 Å². The van der Waals surface area contributed by atoms with Crippen LogP contribution < -0.4 is 0 Å². The van der Waals surface area contributed by atoms with Crippen LogP contribution in [0, 0.1) is 0 Å². The van der Waals surface area contributed by atoms with Crippen LogP contribution in [-0.4, -0.2) is 33.2 Å². The van der Waals surface area contributed by atoms with Gasteiger partial charge in [0, 0.05) is 30.4 Å². The molecule has 4 nitrogen and oxygen atoms in total. The van der Waals surface area contributed by atoms with Crippen LogP contribution in [-0.2, 0) is 0 Å². The Morgan fingerprint density at radius 2 is 2.38 bits per heavy atom. The maximum Gasteiger partial charge on any atom is 0.407 e. The summed E-state index contributed by atoms with van der Waals surface area (Å²) in [5, 5.41) is 9.16. The number of carboxylic acid groups (broad SMARTS) is 1. The number of hydrogen-bond donors (Lipinski definition) is 1. The number of likely N-dealkylation sites (tertiary alicyclic amines) is 1. The molecule has 0 bridgehead atoms. The number of nitrogens with zero attached hydrogens (tertiary/aromatic N) is 2. The van der Waals surface area contributed by atoms with Crippen LogP contribution in [0.1, 0.15) is 30.7 Å². The van der Waals surface area contributed by atoms with Gasteiger partial charge >= 0.3 is 6.09 Å². The molecule has 2 fully saturated rings. The topological polar surface area (TPSA) is 53.4 Å². The predicted octanol–water partition coefficient (Wildman–Crippen LogP) is 2.08. The smallest absolute Gasteiger partial charge is 0.407 e. The van der Waals surface area contributed by atoms with Crippen molar-refractivity contribution in [3.05, 3.63) is 30.1 Å². The monoisotopic (exact) mass is 218 g/mol. The van der Waals surface area contributed by atoms with E-state index in [1.165, 1.54) is 0 Å². The van der Waals surface area contributed by atoms with Gasteiger partial charge in [0.2, 0.25) is 0 Å². The highest BCUT2D eigenvalue weighted by Gasteiger charge is 2.56. The average molecular weight is 218 g/mol. The Balaban J connectivity index is 1.84. The van der Waals surface area contributed by atoms with Crippen molar-refractivity contribution < 1.29 is 9.90 Å². The molecule has 2 aliphatic rings. The van der Waals surface area contributed by atoms with Gasteiger partial charge < -0.3 is 10.0 Å². The molecule has 16 heavy (non-hydrogen) atoms. The number of hydrogen-bond acceptors (Lipinski definition) is 2. The Hall–Kier alpha value is -1.58. The van der Waals surface area contributed by atoms with Crippen molar-refractivity contribution in [3.8, 4) is 0 Å². The molecule has 1 amide bonds. The van der Waals surface area contributed by atoms with E-state index in [0.717, 1.165) is 24.8 Å². The lowest BCUT2D eigenvalue weighted by atomic mass is 9.97. The van der Waals surface area contributed by atoms with Crippen LogP contribution in [0.5, 0.6) is 0 Å². The third-order valence-electron chi connectivity index (χ3n) is 3.82. The number of amides is 1. The van der Waals surface area contributed by atoms with E-state index >= 15 is 0 Å². The molecule has 1 aromatic rings. The highest BCUT2D eigenvalue weighted by molar-refractivity contribution is 5.68. The Bertz CT molecular complexity index is 414. The van der Waals surface area contributed by atoms with Crippen molar-refractivity contribution in [2.24, 2.45) is 0 Å². The fourth-order valence-corrected chi connectivity index (χ4v) is 2.79. The van der Waals surface area contributed by atoms with Crippen LogP contribution in [0.2, 0.25) is 0 Å². The van der Waals surface area contributed by atoms with E-state index in [0.29, 0.717) is 12.5 Å². The van der Waals surface area contributed by atoms with E-state index in [9.17, 15) is 4.79 Å². The lowest BCUT2D eigenvalue weighted by Crippen LogP contribution is -2.35. The summed E-state index contributed by atoms with van der Waals surface area (Å²) in [6.45, 7) is 0.626. The summed E-state index contributed by atoms with van der Waals surface area (Å²) in [6, 6.07) is 3.96. The van der Waals surface area contributed by atoms with Crippen LogP contribution in [0.3, 0.4) is 0 Å². The minimum atomic E-state index is -0.774. The van der Waals surface area contributed by atoms with Gasteiger partial charge in [-0.05, 0) is 30.9 Å². The second-order valence-electron chi connectivity index (χ2n) is 4.80. The summed E-state index contributed by atoms with van der Waals surface area (Å²) in [4.78, 5) is 16.9. The molecule has 1 atom stereocenters. The Kier molecular flexibility index (Phi) is 1.93. The standard InChI is InChI=1S/C12H14N2O2/c15-11(16)14-8-10(6-12(14)3-4-12)9-2-1-5-13-7-9/h1-2,5,7,10H,3-4,6,8H2,(H,15,16)/t10-/m1/s1. The van der Waals surface area contributed by atoms with Crippen molar-refractivity contribution in [1.29, 1.82) is 0 Å². The lowest BCUT2D eigenvalue weighted by Gasteiger charge is -2.19. The first-order valence-corrected chi connectivity index (χ1v) is 5.62. The van der Waals surface area contributed by atoms with Crippen molar-refractivity contribution in [2.45, 2.75) is 30.7 Å². The highest BCUT2D eigenvalue weighted by atomic mass is 16.4. The molecule has 0 aromatic carbocycles. The zero-order valence-corrected chi connectivity index (χ0v) is 8.97. The van der Waals surface area contributed by atoms with Gasteiger partial charge in [-0.1, -0.05) is 6.07 Å². The van der Waals surface area contributed by atoms with E-state index in [-0.39, 0.29) is 5.54 Å². The number of aromatic nitrogens is 1. The fraction of sp³-hybridized carbons (Fsp3) is 0.500. The summed E-state index contributed by atoms with van der Waals surface area (Å²) < 4.78 is 0. The van der Waals surface area contributed by atoms with Crippen molar-refractivity contribution >= 4 is 6.09 Å². The molecule has 0 unspecified atom stereocenters. The lowest BCUT2D eigenvalue weighted by molar-refractivity contribution is 0.135. The first-order chi connectivity index (χ1) is 7.71. The summed E-state index contributed by atoms with van der Waals surface area (Å²) in [6.07, 6.45) is 5.84. The first-order valence-electron chi connectivity index (χ1n) is 5.62. The molecule has 3 rings (SSSR count). The second kappa shape index (κ2) is 3.20. The summed E-state index contributed by atoms with van der Waals surface area (Å²) in [7, 11) is 0. The van der Waals surface area contributed by atoms with Crippen molar-refractivity contribution in [2.75, 3.05) is 6.54 Å². The Labute approximate surface area is 93.9 Å². The maximum absolute atomic E-state index is 11.1. The van der Waals surface area contributed by atoms with E-state index in [1.54, 1.807) is 11.1 Å². The third-order valence-corrected chi connectivity index (χ3v) is 3.82. The predicted molar refractivity (Wildman–Crippen MR) is 58.3 cm³/mol. The molecule has 1 saturated heterocycles. The van der Waals surface area contributed by atoms with Crippen LogP contribution >= 0.6 is 0 Å². The second-order valence-corrected chi connectivity index (χ2v) is 4.80. The summed E-state index contributed by atoms with van der Waals surface area (Å²) >= 11 is 0. The van der Waals surface area contributed by atoms with Crippen LogP contribution in [0.25, 0.3) is 0 Å².